The van der Waals surface area contributed by atoms with E-state index in [1.807, 2.05) is 31.2 Å². The van der Waals surface area contributed by atoms with Gasteiger partial charge in [-0.3, -0.25) is 4.79 Å². The molecule has 4 aliphatic rings. The van der Waals surface area contributed by atoms with E-state index in [0.717, 1.165) is 23.0 Å². The summed E-state index contributed by atoms with van der Waals surface area (Å²) in [6.07, 6.45) is 6.24. The van der Waals surface area contributed by atoms with Gasteiger partial charge in [-0.2, -0.15) is 4.98 Å². The average molecular weight is 352 g/mol. The highest BCUT2D eigenvalue weighted by atomic mass is 16.6. The van der Waals surface area contributed by atoms with Crippen LogP contribution in [-0.4, -0.2) is 16.1 Å². The predicted octanol–water partition coefficient (Wildman–Crippen LogP) is 4.16. The molecule has 5 nitrogen and oxygen atoms in total. The van der Waals surface area contributed by atoms with Crippen molar-refractivity contribution in [1.29, 1.82) is 0 Å². The second-order valence-corrected chi connectivity index (χ2v) is 8.39. The largest absolute Gasteiger partial charge is 0.455 e. The second kappa shape index (κ2) is 6.22. The Kier molecular flexibility index (Phi) is 3.84. The van der Waals surface area contributed by atoms with Gasteiger partial charge in [0.05, 0.1) is 5.92 Å². The molecule has 4 fully saturated rings. The van der Waals surface area contributed by atoms with Crippen LogP contribution in [0.15, 0.2) is 28.8 Å². The third-order valence-corrected chi connectivity index (χ3v) is 6.69. The van der Waals surface area contributed by atoms with Crippen LogP contribution in [0, 0.1) is 36.5 Å². The molecule has 0 aliphatic heterocycles. The van der Waals surface area contributed by atoms with Gasteiger partial charge >= 0.3 is 5.97 Å². The van der Waals surface area contributed by atoms with Crippen molar-refractivity contribution in [3.8, 4) is 11.4 Å². The van der Waals surface area contributed by atoms with Crippen molar-refractivity contribution in [1.82, 2.24) is 10.1 Å². The first kappa shape index (κ1) is 16.0. The molecule has 6 rings (SSSR count). The van der Waals surface area contributed by atoms with Crippen LogP contribution in [0.4, 0.5) is 0 Å². The van der Waals surface area contributed by atoms with Crippen molar-refractivity contribution >= 4 is 5.97 Å². The van der Waals surface area contributed by atoms with Gasteiger partial charge in [-0.15, -0.1) is 0 Å². The molecule has 0 N–H and O–H groups in total. The van der Waals surface area contributed by atoms with E-state index >= 15 is 0 Å². The number of aromatic nitrogens is 2. The van der Waals surface area contributed by atoms with Gasteiger partial charge < -0.3 is 9.26 Å². The van der Waals surface area contributed by atoms with Gasteiger partial charge in [0.15, 0.2) is 6.61 Å². The number of benzene rings is 1. The van der Waals surface area contributed by atoms with E-state index in [2.05, 4.69) is 10.1 Å². The normalized spacial score (nSPS) is 32.0. The Morgan fingerprint density at radius 2 is 1.81 bits per heavy atom. The van der Waals surface area contributed by atoms with E-state index in [0.29, 0.717) is 23.6 Å². The van der Waals surface area contributed by atoms with Gasteiger partial charge in [-0.25, -0.2) is 0 Å². The summed E-state index contributed by atoms with van der Waals surface area (Å²) in [6.45, 7) is 2.08. The molecule has 4 bridgehead atoms. The van der Waals surface area contributed by atoms with Crippen LogP contribution in [0.5, 0.6) is 0 Å². The molecule has 1 heterocycles. The second-order valence-electron chi connectivity index (χ2n) is 8.39. The highest BCUT2D eigenvalue weighted by Gasteiger charge is 2.51. The number of hydrogen-bond acceptors (Lipinski definition) is 5. The summed E-state index contributed by atoms with van der Waals surface area (Å²) in [6, 6.07) is 7.90. The number of aryl methyl sites for hydroxylation is 1. The summed E-state index contributed by atoms with van der Waals surface area (Å²) < 4.78 is 10.9. The zero-order valence-corrected chi connectivity index (χ0v) is 15.1. The fourth-order valence-corrected chi connectivity index (χ4v) is 5.79. The fourth-order valence-electron chi connectivity index (χ4n) is 5.79. The molecule has 4 saturated carbocycles. The number of carbonyl (C=O) groups excluding carboxylic acids is 1. The van der Waals surface area contributed by atoms with E-state index in [4.69, 9.17) is 9.26 Å². The average Bonchev–Trinajstić information content (AvgIpc) is 3.08. The summed E-state index contributed by atoms with van der Waals surface area (Å²) in [4.78, 5) is 17.1. The summed E-state index contributed by atoms with van der Waals surface area (Å²) in [5.74, 6) is 3.71. The highest BCUT2D eigenvalue weighted by molar-refractivity contribution is 5.73. The summed E-state index contributed by atoms with van der Waals surface area (Å²) in [5, 5.41) is 4.03. The predicted molar refractivity (Wildman–Crippen MR) is 94.8 cm³/mol. The molecule has 0 atom stereocenters. The summed E-state index contributed by atoms with van der Waals surface area (Å²) in [7, 11) is 0. The van der Waals surface area contributed by atoms with Crippen LogP contribution in [0.25, 0.3) is 11.4 Å². The lowest BCUT2D eigenvalue weighted by atomic mass is 9.52. The van der Waals surface area contributed by atoms with Crippen molar-refractivity contribution in [2.24, 2.45) is 29.6 Å². The van der Waals surface area contributed by atoms with Crippen LogP contribution >= 0.6 is 0 Å². The van der Waals surface area contributed by atoms with Gasteiger partial charge in [0.1, 0.15) is 0 Å². The van der Waals surface area contributed by atoms with Crippen molar-refractivity contribution in [3.63, 3.8) is 0 Å². The Hall–Kier alpha value is -2.17. The van der Waals surface area contributed by atoms with E-state index in [1.165, 1.54) is 32.1 Å². The molecule has 5 heteroatoms. The van der Waals surface area contributed by atoms with Crippen LogP contribution in [0.3, 0.4) is 0 Å². The Morgan fingerprint density at radius 3 is 2.50 bits per heavy atom. The lowest BCUT2D eigenvalue weighted by Gasteiger charge is -2.53. The van der Waals surface area contributed by atoms with Crippen LogP contribution in [0.1, 0.15) is 43.6 Å². The fraction of sp³-hybridized carbons (Fsp3) is 0.571. The number of esters is 1. The first-order valence-electron chi connectivity index (χ1n) is 9.72. The molecule has 4 aliphatic carbocycles. The SMILES string of the molecule is Cc1ccccc1-c1noc(COC(=O)C2C3CC4CC(C3)CC2C4)n1. The Bertz CT molecular complexity index is 800. The molecule has 0 unspecified atom stereocenters. The Morgan fingerprint density at radius 1 is 1.12 bits per heavy atom. The van der Waals surface area contributed by atoms with Crippen LogP contribution in [-0.2, 0) is 16.1 Å². The number of rotatable bonds is 4. The molecule has 136 valence electrons. The molecular weight excluding hydrogens is 328 g/mol. The van der Waals surface area contributed by atoms with Crippen molar-refractivity contribution in [2.45, 2.75) is 45.6 Å². The molecule has 1 aromatic heterocycles. The van der Waals surface area contributed by atoms with E-state index in [-0.39, 0.29) is 18.5 Å². The number of hydrogen-bond donors (Lipinski definition) is 0. The van der Waals surface area contributed by atoms with Gasteiger partial charge in [0.2, 0.25) is 5.82 Å². The molecule has 0 radical (unpaired) electrons. The zero-order chi connectivity index (χ0) is 17.7. The first-order chi connectivity index (χ1) is 12.7. The van der Waals surface area contributed by atoms with Crippen molar-refractivity contribution < 1.29 is 14.1 Å². The quantitative estimate of drug-likeness (QED) is 0.773. The standard InChI is InChI=1S/C21H24N2O3/c1-12-4-2-3-5-17(12)20-22-18(26-23-20)11-25-21(24)19-15-7-13-6-14(9-15)10-16(19)8-13/h2-5,13-16,19H,6-11H2,1H3. The minimum atomic E-state index is -0.0607. The Labute approximate surface area is 153 Å². The van der Waals surface area contributed by atoms with Crippen LogP contribution < -0.4 is 0 Å². The third-order valence-electron chi connectivity index (χ3n) is 6.69. The van der Waals surface area contributed by atoms with Gasteiger partial charge in [0.25, 0.3) is 5.89 Å². The Balaban J connectivity index is 1.24. The molecule has 0 spiro atoms. The monoisotopic (exact) mass is 352 g/mol. The topological polar surface area (TPSA) is 65.2 Å². The molecule has 26 heavy (non-hydrogen) atoms. The van der Waals surface area contributed by atoms with Gasteiger partial charge in [-0.05, 0) is 68.3 Å². The van der Waals surface area contributed by atoms with E-state index in [9.17, 15) is 4.79 Å². The summed E-state index contributed by atoms with van der Waals surface area (Å²) >= 11 is 0. The maximum Gasteiger partial charge on any atom is 0.310 e. The number of ether oxygens (including phenoxy) is 1. The molecule has 0 amide bonds. The van der Waals surface area contributed by atoms with Gasteiger partial charge in [-0.1, -0.05) is 29.4 Å². The minimum Gasteiger partial charge on any atom is -0.455 e. The van der Waals surface area contributed by atoms with E-state index in [1.54, 1.807) is 0 Å². The lowest BCUT2D eigenvalue weighted by molar-refractivity contribution is -0.164. The maximum atomic E-state index is 12.7. The molecular formula is C21H24N2O3. The smallest absolute Gasteiger partial charge is 0.310 e. The lowest BCUT2D eigenvalue weighted by Crippen LogP contribution is -2.48. The molecule has 2 aromatic rings. The minimum absolute atomic E-state index is 0.0607. The maximum absolute atomic E-state index is 12.7. The number of carbonyl (C=O) groups is 1. The molecule has 1 aromatic carbocycles. The molecule has 0 saturated heterocycles. The van der Waals surface area contributed by atoms with Crippen molar-refractivity contribution in [3.05, 3.63) is 35.7 Å². The third kappa shape index (κ3) is 2.74. The van der Waals surface area contributed by atoms with E-state index < -0.39 is 0 Å². The van der Waals surface area contributed by atoms with Crippen molar-refractivity contribution in [2.75, 3.05) is 0 Å². The summed E-state index contributed by atoms with van der Waals surface area (Å²) in [5.41, 5.74) is 2.03. The zero-order valence-electron chi connectivity index (χ0n) is 15.1. The highest BCUT2D eigenvalue weighted by Crippen LogP contribution is 2.56. The number of nitrogens with zero attached hydrogens (tertiary/aromatic N) is 2. The first-order valence-corrected chi connectivity index (χ1v) is 9.72. The van der Waals surface area contributed by atoms with Gasteiger partial charge in [0, 0.05) is 5.56 Å². The van der Waals surface area contributed by atoms with Crippen LogP contribution in [0.2, 0.25) is 0 Å².